The van der Waals surface area contributed by atoms with Crippen molar-refractivity contribution in [1.29, 1.82) is 0 Å². The highest BCUT2D eigenvalue weighted by Crippen LogP contribution is 1.84. The Morgan fingerprint density at radius 3 is 1.53 bits per heavy atom. The smallest absolute Gasteiger partial charge is 0.247 e. The van der Waals surface area contributed by atoms with Crippen molar-refractivity contribution in [2.24, 2.45) is 0 Å². The molecule has 0 aliphatic rings. The average Bonchev–Trinajstić information content (AvgIpc) is 2.31. The van der Waals surface area contributed by atoms with Crippen LogP contribution in [-0.2, 0) is 17.6 Å². The molecule has 1 heterocycles. The van der Waals surface area contributed by atoms with Crippen LogP contribution in [0.2, 0.25) is 0 Å². The summed E-state index contributed by atoms with van der Waals surface area (Å²) in [7, 11) is 0. The van der Waals surface area contributed by atoms with Gasteiger partial charge in [0.25, 0.3) is 0 Å². The Labute approximate surface area is 111 Å². The van der Waals surface area contributed by atoms with Gasteiger partial charge in [0.1, 0.15) is 0 Å². The van der Waals surface area contributed by atoms with Crippen molar-refractivity contribution in [2.75, 3.05) is 0 Å². The monoisotopic (exact) mass is 349 g/mol. The molecule has 0 saturated carbocycles. The third-order valence-corrected chi connectivity index (χ3v) is 2.81. The summed E-state index contributed by atoms with van der Waals surface area (Å²) in [4.78, 5) is 35.5. The molecule has 0 aliphatic carbocycles. The molecule has 6 nitrogen and oxygen atoms in total. The highest BCUT2D eigenvalue weighted by atomic mass is 127. The van der Waals surface area contributed by atoms with E-state index in [9.17, 15) is 14.4 Å². The first kappa shape index (κ1) is 13.7. The Kier molecular flexibility index (Phi) is 4.67. The molecule has 0 unspecified atom stereocenters. The number of alkyl halides is 1. The first-order valence-electron chi connectivity index (χ1n) is 4.80. The van der Waals surface area contributed by atoms with Gasteiger partial charge >= 0.3 is 17.1 Å². The van der Waals surface area contributed by atoms with Crippen LogP contribution in [0, 0.1) is 0 Å². The van der Waals surface area contributed by atoms with Crippen LogP contribution in [0.5, 0.6) is 0 Å². The van der Waals surface area contributed by atoms with E-state index in [1.807, 2.05) is 22.6 Å². The minimum atomic E-state index is -0.638. The van der Waals surface area contributed by atoms with Gasteiger partial charge in [-0.3, -0.25) is 0 Å². The average molecular weight is 349 g/mol. The summed E-state index contributed by atoms with van der Waals surface area (Å²) in [5.74, 6) is 0. The van der Waals surface area contributed by atoms with Crippen LogP contribution < -0.4 is 17.1 Å². The lowest BCUT2D eigenvalue weighted by Gasteiger charge is -2.09. The standard InChI is InChI=1S/C10H12IN3O3/c1-3-5-12-8(15)13(6-4-2)10(17)14(7-11)9(12)16/h3-4H,1-2,5-7H2. The predicted molar refractivity (Wildman–Crippen MR) is 73.6 cm³/mol. The summed E-state index contributed by atoms with van der Waals surface area (Å²) in [6.45, 7) is 7.10. The first-order valence-corrected chi connectivity index (χ1v) is 6.33. The Morgan fingerprint density at radius 1 is 0.882 bits per heavy atom. The van der Waals surface area contributed by atoms with Gasteiger partial charge in [0, 0.05) is 0 Å². The molecule has 0 amide bonds. The molecule has 1 rings (SSSR count). The van der Waals surface area contributed by atoms with Gasteiger partial charge < -0.3 is 0 Å². The van der Waals surface area contributed by atoms with Gasteiger partial charge in [0.15, 0.2) is 0 Å². The van der Waals surface area contributed by atoms with Crippen molar-refractivity contribution in [1.82, 2.24) is 13.7 Å². The zero-order valence-corrected chi connectivity index (χ0v) is 11.3. The van der Waals surface area contributed by atoms with Gasteiger partial charge in [0.2, 0.25) is 0 Å². The fourth-order valence-corrected chi connectivity index (χ4v) is 1.94. The molecule has 0 bridgehead atoms. The van der Waals surface area contributed by atoms with Gasteiger partial charge in [-0.1, -0.05) is 34.7 Å². The van der Waals surface area contributed by atoms with Gasteiger partial charge in [-0.25, -0.2) is 28.1 Å². The van der Waals surface area contributed by atoms with Crippen LogP contribution in [0.25, 0.3) is 0 Å². The van der Waals surface area contributed by atoms with Crippen molar-refractivity contribution >= 4 is 22.6 Å². The minimum absolute atomic E-state index is 0.0751. The Bertz CT molecular complexity index is 560. The highest BCUT2D eigenvalue weighted by molar-refractivity contribution is 14.1. The molecule has 0 fully saturated rings. The van der Waals surface area contributed by atoms with E-state index in [1.54, 1.807) is 0 Å². The summed E-state index contributed by atoms with van der Waals surface area (Å²) < 4.78 is 3.12. The number of hydrogen-bond donors (Lipinski definition) is 0. The largest absolute Gasteiger partial charge is 0.337 e. The molecular weight excluding hydrogens is 337 g/mol. The number of rotatable bonds is 5. The molecule has 0 N–H and O–H groups in total. The molecule has 1 aromatic heterocycles. The first-order chi connectivity index (χ1) is 8.08. The zero-order chi connectivity index (χ0) is 13.0. The van der Waals surface area contributed by atoms with Crippen molar-refractivity contribution < 1.29 is 0 Å². The second kappa shape index (κ2) is 5.80. The molecule has 0 aliphatic heterocycles. The molecule has 0 saturated heterocycles. The maximum atomic E-state index is 11.9. The van der Waals surface area contributed by atoms with Gasteiger partial charge in [-0.2, -0.15) is 0 Å². The van der Waals surface area contributed by atoms with Crippen LogP contribution in [0.1, 0.15) is 0 Å². The van der Waals surface area contributed by atoms with E-state index < -0.39 is 17.1 Å². The Morgan fingerprint density at radius 2 is 1.24 bits per heavy atom. The van der Waals surface area contributed by atoms with E-state index in [4.69, 9.17) is 0 Å². The number of allylic oxidation sites excluding steroid dienone is 2. The number of hydrogen-bond acceptors (Lipinski definition) is 3. The molecule has 0 spiro atoms. The fourth-order valence-electron chi connectivity index (χ4n) is 1.36. The van der Waals surface area contributed by atoms with Crippen LogP contribution in [0.15, 0.2) is 39.7 Å². The SMILES string of the molecule is C=CCn1c(=O)n(CI)c(=O)n(CC=C)c1=O. The molecule has 0 atom stereocenters. The summed E-state index contributed by atoms with van der Waals surface area (Å²) in [6.07, 6.45) is 2.87. The molecule has 1 aromatic rings. The summed E-state index contributed by atoms with van der Waals surface area (Å²) >= 11 is 1.89. The van der Waals surface area contributed by atoms with Crippen LogP contribution >= 0.6 is 22.6 Å². The third-order valence-electron chi connectivity index (χ3n) is 2.13. The number of aromatic nitrogens is 3. The van der Waals surface area contributed by atoms with E-state index in [0.717, 1.165) is 13.7 Å². The van der Waals surface area contributed by atoms with E-state index in [0.29, 0.717) is 0 Å². The molecule has 7 heteroatoms. The summed E-state index contributed by atoms with van der Waals surface area (Å²) in [5, 5.41) is 0. The van der Waals surface area contributed by atoms with Crippen molar-refractivity contribution in [3.8, 4) is 0 Å². The second-order valence-corrected chi connectivity index (χ2v) is 3.88. The van der Waals surface area contributed by atoms with Crippen molar-refractivity contribution in [3.05, 3.63) is 56.8 Å². The van der Waals surface area contributed by atoms with Crippen LogP contribution in [0.4, 0.5) is 0 Å². The number of halogens is 1. The maximum absolute atomic E-state index is 11.9. The lowest BCUT2D eigenvalue weighted by Crippen LogP contribution is -2.53. The quantitative estimate of drug-likeness (QED) is 0.425. The van der Waals surface area contributed by atoms with E-state index >= 15 is 0 Å². The Balaban J connectivity index is 3.75. The molecule has 0 radical (unpaired) electrons. The van der Waals surface area contributed by atoms with Gasteiger partial charge in [-0.05, 0) is 0 Å². The molecular formula is C10H12IN3O3. The van der Waals surface area contributed by atoms with E-state index in [-0.39, 0.29) is 17.6 Å². The fraction of sp³-hybridized carbons (Fsp3) is 0.300. The second-order valence-electron chi connectivity index (χ2n) is 3.19. The normalized spacial score (nSPS) is 10.2. The summed E-state index contributed by atoms with van der Waals surface area (Å²) in [5.41, 5.74) is -1.87. The van der Waals surface area contributed by atoms with E-state index in [1.165, 1.54) is 12.2 Å². The zero-order valence-electron chi connectivity index (χ0n) is 9.13. The molecule has 17 heavy (non-hydrogen) atoms. The lowest BCUT2D eigenvalue weighted by molar-refractivity contribution is 0.516. The van der Waals surface area contributed by atoms with Crippen LogP contribution in [0.3, 0.4) is 0 Å². The molecule has 92 valence electrons. The maximum Gasteiger partial charge on any atom is 0.337 e. The third kappa shape index (κ3) is 2.48. The Hall–Kier alpha value is -1.38. The minimum Gasteiger partial charge on any atom is -0.247 e. The lowest BCUT2D eigenvalue weighted by atomic mass is 10.5. The number of nitrogens with zero attached hydrogens (tertiary/aromatic N) is 3. The predicted octanol–water partition coefficient (Wildman–Crippen LogP) is -0.0638. The van der Waals surface area contributed by atoms with Gasteiger partial charge in [0.05, 0.1) is 17.6 Å². The molecule has 0 aromatic carbocycles. The summed E-state index contributed by atoms with van der Waals surface area (Å²) in [6, 6.07) is 0. The van der Waals surface area contributed by atoms with E-state index in [2.05, 4.69) is 13.2 Å². The highest BCUT2D eigenvalue weighted by Gasteiger charge is 2.12. The van der Waals surface area contributed by atoms with Gasteiger partial charge in [-0.15, -0.1) is 13.2 Å². The van der Waals surface area contributed by atoms with Crippen LogP contribution in [-0.4, -0.2) is 13.7 Å². The van der Waals surface area contributed by atoms with Crippen molar-refractivity contribution in [3.63, 3.8) is 0 Å². The topological polar surface area (TPSA) is 66.0 Å². The van der Waals surface area contributed by atoms with Crippen molar-refractivity contribution in [2.45, 2.75) is 17.6 Å².